The summed E-state index contributed by atoms with van der Waals surface area (Å²) in [5.74, 6) is -3.06. The highest BCUT2D eigenvalue weighted by atomic mass is 35.5. The predicted molar refractivity (Wildman–Crippen MR) is 110 cm³/mol. The lowest BCUT2D eigenvalue weighted by molar-refractivity contribution is -0.283. The summed E-state index contributed by atoms with van der Waals surface area (Å²) in [4.78, 5) is 37.7. The topological polar surface area (TPSA) is 111 Å². The van der Waals surface area contributed by atoms with Crippen molar-refractivity contribution >= 4 is 29.1 Å². The molecule has 1 aromatic carbocycles. The Balaban J connectivity index is 1.59. The summed E-state index contributed by atoms with van der Waals surface area (Å²) in [5.41, 5.74) is 0.594. The summed E-state index contributed by atoms with van der Waals surface area (Å²) in [6.07, 6.45) is -11.2. The van der Waals surface area contributed by atoms with Crippen LogP contribution in [0.25, 0.3) is 0 Å². The van der Waals surface area contributed by atoms with Crippen LogP contribution in [0.2, 0.25) is 0 Å². The average molecular weight is 504 g/mol. The average Bonchev–Trinajstić information content (AvgIpc) is 2.79. The van der Waals surface area contributed by atoms with Crippen molar-refractivity contribution in [3.8, 4) is 0 Å². The van der Waals surface area contributed by atoms with E-state index in [2.05, 4.69) is 0 Å². The van der Waals surface area contributed by atoms with Crippen LogP contribution in [-0.2, 0) is 19.0 Å². The van der Waals surface area contributed by atoms with E-state index in [0.29, 0.717) is 0 Å². The molecule has 1 fully saturated rings. The third-order valence-corrected chi connectivity index (χ3v) is 6.32. The Labute approximate surface area is 197 Å². The zero-order valence-electron chi connectivity index (χ0n) is 17.8. The molecule has 2 heterocycles. The molecule has 8 nitrogen and oxygen atoms in total. The van der Waals surface area contributed by atoms with E-state index in [1.165, 1.54) is 13.0 Å². The first-order chi connectivity index (χ1) is 16.0. The van der Waals surface area contributed by atoms with Gasteiger partial charge in [0.25, 0.3) is 0 Å². The molecule has 1 aromatic rings. The van der Waals surface area contributed by atoms with Gasteiger partial charge in [0.2, 0.25) is 0 Å². The number of carbonyl (C=O) groups is 3. The Kier molecular flexibility index (Phi) is 6.85. The van der Waals surface area contributed by atoms with Gasteiger partial charge >= 0.3 is 12.1 Å². The molecule has 0 saturated carbocycles. The molecule has 184 valence electrons. The number of Topliss-reactive ketones (excluding diaryl/α,β-unsaturated/α-hetero) is 2. The molecule has 2 N–H and O–H groups in total. The molecule has 12 heteroatoms. The minimum absolute atomic E-state index is 0.00926. The molecule has 0 radical (unpaired) electrons. The number of ether oxygens (including phenoxy) is 3. The number of alkyl halides is 4. The molecular weight excluding hydrogens is 483 g/mol. The zero-order valence-corrected chi connectivity index (χ0v) is 18.6. The Morgan fingerprint density at radius 1 is 1.21 bits per heavy atom. The molecule has 0 unspecified atom stereocenters. The number of amides is 1. The van der Waals surface area contributed by atoms with Gasteiger partial charge in [-0.1, -0.05) is 24.3 Å². The van der Waals surface area contributed by atoms with Crippen LogP contribution < -0.4 is 5.32 Å². The van der Waals surface area contributed by atoms with Crippen LogP contribution in [0.4, 0.5) is 13.2 Å². The summed E-state index contributed by atoms with van der Waals surface area (Å²) in [6, 6.07) is 4.95. The third kappa shape index (κ3) is 4.63. The van der Waals surface area contributed by atoms with Crippen molar-refractivity contribution in [1.82, 2.24) is 5.32 Å². The van der Waals surface area contributed by atoms with Crippen LogP contribution in [0.5, 0.6) is 0 Å². The summed E-state index contributed by atoms with van der Waals surface area (Å²) >= 11 is 5.95. The summed E-state index contributed by atoms with van der Waals surface area (Å²) in [5, 5.41) is 12.0. The molecule has 34 heavy (non-hydrogen) atoms. The smallest absolute Gasteiger partial charge is 0.388 e. The molecule has 1 amide bonds. The Morgan fingerprint density at radius 2 is 1.85 bits per heavy atom. The van der Waals surface area contributed by atoms with Gasteiger partial charge in [-0.15, -0.1) is 11.6 Å². The summed E-state index contributed by atoms with van der Waals surface area (Å²) in [7, 11) is 0. The van der Waals surface area contributed by atoms with Crippen molar-refractivity contribution in [1.29, 1.82) is 0 Å². The second-order valence-electron chi connectivity index (χ2n) is 8.26. The summed E-state index contributed by atoms with van der Waals surface area (Å²) < 4.78 is 55.2. The largest absolute Gasteiger partial charge is 0.471 e. The lowest BCUT2D eigenvalue weighted by Gasteiger charge is -2.41. The molecule has 4 rings (SSSR count). The SMILES string of the molecule is C[C@@H]1O[C@@H](O[C@H]2O[C@H](CCl)CC3=C2C(=O)c2ccccc2C3=O)C[C@H](NC(=O)C(F)(F)F)[C@@H]1O. The summed E-state index contributed by atoms with van der Waals surface area (Å²) in [6.45, 7) is 1.40. The Bertz CT molecular complexity index is 1040. The van der Waals surface area contributed by atoms with E-state index in [-0.39, 0.29) is 46.8 Å². The van der Waals surface area contributed by atoms with Gasteiger partial charge in [0.15, 0.2) is 24.1 Å². The van der Waals surface area contributed by atoms with Crippen LogP contribution in [0.1, 0.15) is 40.5 Å². The van der Waals surface area contributed by atoms with Gasteiger partial charge < -0.3 is 24.6 Å². The molecule has 0 spiro atoms. The van der Waals surface area contributed by atoms with E-state index in [4.69, 9.17) is 25.8 Å². The van der Waals surface area contributed by atoms with E-state index in [9.17, 15) is 32.7 Å². The molecule has 0 bridgehead atoms. The first-order valence-electron chi connectivity index (χ1n) is 10.5. The van der Waals surface area contributed by atoms with Gasteiger partial charge in [0.1, 0.15) is 6.10 Å². The fourth-order valence-corrected chi connectivity index (χ4v) is 4.46. The molecule has 6 atom stereocenters. The van der Waals surface area contributed by atoms with Crippen molar-refractivity contribution in [2.45, 2.75) is 62.9 Å². The highest BCUT2D eigenvalue weighted by Crippen LogP contribution is 2.38. The second-order valence-corrected chi connectivity index (χ2v) is 8.56. The molecule has 2 aliphatic heterocycles. The number of ketones is 2. The first-order valence-corrected chi connectivity index (χ1v) is 11.0. The van der Waals surface area contributed by atoms with Gasteiger partial charge in [-0.25, -0.2) is 0 Å². The third-order valence-electron chi connectivity index (χ3n) is 5.97. The van der Waals surface area contributed by atoms with Crippen LogP contribution in [0.3, 0.4) is 0 Å². The maximum atomic E-state index is 13.2. The molecule has 1 aliphatic carbocycles. The van der Waals surface area contributed by atoms with E-state index in [0.717, 1.165) is 0 Å². The lowest BCUT2D eigenvalue weighted by Crippen LogP contribution is -2.58. The molecule has 3 aliphatic rings. The van der Waals surface area contributed by atoms with Gasteiger partial charge in [0, 0.05) is 35.4 Å². The minimum Gasteiger partial charge on any atom is -0.388 e. The number of aliphatic hydroxyl groups is 1. The number of hydrogen-bond acceptors (Lipinski definition) is 7. The fraction of sp³-hybridized carbons (Fsp3) is 0.500. The normalized spacial score (nSPS) is 31.7. The van der Waals surface area contributed by atoms with E-state index in [1.807, 2.05) is 0 Å². The van der Waals surface area contributed by atoms with Crippen molar-refractivity contribution in [3.63, 3.8) is 0 Å². The van der Waals surface area contributed by atoms with E-state index >= 15 is 0 Å². The number of aliphatic hydroxyl groups excluding tert-OH is 1. The molecule has 1 saturated heterocycles. The predicted octanol–water partition coefficient (Wildman–Crippen LogP) is 2.28. The minimum atomic E-state index is -5.14. The number of rotatable bonds is 4. The fourth-order valence-electron chi connectivity index (χ4n) is 4.28. The molecule has 0 aromatic heterocycles. The number of nitrogens with one attached hydrogen (secondary N) is 1. The Morgan fingerprint density at radius 3 is 2.47 bits per heavy atom. The van der Waals surface area contributed by atoms with Gasteiger partial charge in [-0.3, -0.25) is 14.4 Å². The van der Waals surface area contributed by atoms with Gasteiger partial charge in [-0.2, -0.15) is 13.2 Å². The number of carbonyl (C=O) groups excluding carboxylic acids is 3. The number of benzene rings is 1. The highest BCUT2D eigenvalue weighted by Gasteiger charge is 2.46. The maximum absolute atomic E-state index is 13.2. The van der Waals surface area contributed by atoms with Crippen LogP contribution in [0, 0.1) is 0 Å². The molecular formula is C22H21ClF3NO7. The van der Waals surface area contributed by atoms with Crippen molar-refractivity contribution in [3.05, 3.63) is 46.5 Å². The number of hydrogen-bond donors (Lipinski definition) is 2. The quantitative estimate of drug-likeness (QED) is 0.606. The van der Waals surface area contributed by atoms with Gasteiger partial charge in [0.05, 0.1) is 23.8 Å². The van der Waals surface area contributed by atoms with Crippen molar-refractivity contribution in [2.75, 3.05) is 5.88 Å². The maximum Gasteiger partial charge on any atom is 0.471 e. The number of fused-ring (bicyclic) bond motifs is 1. The van der Waals surface area contributed by atoms with E-state index in [1.54, 1.807) is 23.5 Å². The number of halogens is 4. The van der Waals surface area contributed by atoms with E-state index < -0.39 is 54.8 Å². The van der Waals surface area contributed by atoms with Crippen LogP contribution in [0.15, 0.2) is 35.4 Å². The first kappa shape index (κ1) is 24.8. The van der Waals surface area contributed by atoms with Crippen LogP contribution in [-0.4, -0.2) is 71.6 Å². The zero-order chi connectivity index (χ0) is 24.8. The Hall–Kier alpha value is -2.31. The van der Waals surface area contributed by atoms with Crippen LogP contribution >= 0.6 is 11.6 Å². The van der Waals surface area contributed by atoms with Crippen molar-refractivity contribution in [2.24, 2.45) is 0 Å². The second kappa shape index (κ2) is 9.38. The highest BCUT2D eigenvalue weighted by molar-refractivity contribution is 6.27. The van der Waals surface area contributed by atoms with Crippen molar-refractivity contribution < 1.29 is 46.9 Å². The standard InChI is InChI=1S/C22H21ClF3NO7/c1-9-17(28)14(27-21(31)22(24,25)26)7-15(32-9)34-20-16-13(6-10(8-23)33-20)18(29)11-4-2-3-5-12(11)19(16)30/h2-5,9-10,14-15,17,20,28H,6-8H2,1H3,(H,27,31)/t9-,10-,14-,15-,17+,20+/m0/s1. The monoisotopic (exact) mass is 503 g/mol. The lowest BCUT2D eigenvalue weighted by atomic mass is 9.80. The van der Waals surface area contributed by atoms with Gasteiger partial charge in [-0.05, 0) is 6.92 Å².